The lowest BCUT2D eigenvalue weighted by Gasteiger charge is -1.95. The Morgan fingerprint density at radius 3 is 2.93 bits per heavy atom. The molecular formula is C8H5FN4O. The van der Waals surface area contributed by atoms with E-state index in [-0.39, 0.29) is 11.4 Å². The fourth-order valence-electron chi connectivity index (χ4n) is 0.988. The largest absolute Gasteiger partial charge is 0.285 e. The fourth-order valence-corrected chi connectivity index (χ4v) is 0.988. The third kappa shape index (κ3) is 1.49. The second-order valence-corrected chi connectivity index (χ2v) is 2.56. The van der Waals surface area contributed by atoms with Crippen LogP contribution in [0.25, 0.3) is 0 Å². The summed E-state index contributed by atoms with van der Waals surface area (Å²) in [5.74, 6) is -0.928. The van der Waals surface area contributed by atoms with E-state index >= 15 is 0 Å². The number of halogens is 1. The van der Waals surface area contributed by atoms with Crippen LogP contribution in [0.15, 0.2) is 24.8 Å². The van der Waals surface area contributed by atoms with Crippen LogP contribution in [0.3, 0.4) is 0 Å². The molecule has 5 nitrogen and oxygen atoms in total. The summed E-state index contributed by atoms with van der Waals surface area (Å²) in [6.45, 7) is 0. The van der Waals surface area contributed by atoms with Gasteiger partial charge in [0, 0.05) is 11.8 Å². The summed E-state index contributed by atoms with van der Waals surface area (Å²) in [4.78, 5) is 18.7. The summed E-state index contributed by atoms with van der Waals surface area (Å²) in [6, 6.07) is 1.10. The molecule has 0 aromatic carbocycles. The molecule has 14 heavy (non-hydrogen) atoms. The molecule has 0 fully saturated rings. The number of hydrogen-bond acceptors (Lipinski definition) is 4. The lowest BCUT2D eigenvalue weighted by atomic mass is 10.2. The van der Waals surface area contributed by atoms with Crippen LogP contribution in [-0.2, 0) is 0 Å². The molecule has 1 N–H and O–H groups in total. The zero-order valence-electron chi connectivity index (χ0n) is 6.94. The number of pyridine rings is 1. The van der Waals surface area contributed by atoms with Crippen LogP contribution in [0.5, 0.6) is 0 Å². The standard InChI is InChI=1S/C8H5FN4O/c9-6-1-5(2-10-3-6)7(14)8-11-4-12-13-8/h1-4H,(H,11,12,13). The van der Waals surface area contributed by atoms with Gasteiger partial charge in [-0.05, 0) is 6.07 Å². The zero-order valence-corrected chi connectivity index (χ0v) is 6.94. The van der Waals surface area contributed by atoms with E-state index in [2.05, 4.69) is 20.2 Å². The highest BCUT2D eigenvalue weighted by atomic mass is 19.1. The minimum absolute atomic E-state index is 0.0670. The quantitative estimate of drug-likeness (QED) is 0.706. The minimum Gasteiger partial charge on any atom is -0.285 e. The van der Waals surface area contributed by atoms with Gasteiger partial charge in [0.25, 0.3) is 0 Å². The Bertz CT molecular complexity index is 454. The topological polar surface area (TPSA) is 71.5 Å². The van der Waals surface area contributed by atoms with Gasteiger partial charge in [-0.2, -0.15) is 5.10 Å². The average molecular weight is 192 g/mol. The van der Waals surface area contributed by atoms with E-state index in [0.717, 1.165) is 12.3 Å². The Morgan fingerprint density at radius 2 is 2.29 bits per heavy atom. The van der Waals surface area contributed by atoms with Crippen LogP contribution >= 0.6 is 0 Å². The number of H-pyrrole nitrogens is 1. The molecule has 6 heteroatoms. The molecule has 0 aliphatic rings. The molecule has 0 saturated heterocycles. The second kappa shape index (κ2) is 3.33. The molecule has 2 rings (SSSR count). The highest BCUT2D eigenvalue weighted by molar-refractivity contribution is 6.06. The molecule has 2 aromatic heterocycles. The number of nitrogens with zero attached hydrogens (tertiary/aromatic N) is 3. The number of ketones is 1. The second-order valence-electron chi connectivity index (χ2n) is 2.56. The predicted octanol–water partition coefficient (Wildman–Crippen LogP) is 0.570. The molecule has 0 saturated carbocycles. The highest BCUT2D eigenvalue weighted by Crippen LogP contribution is 2.05. The van der Waals surface area contributed by atoms with Crippen molar-refractivity contribution in [3.05, 3.63) is 42.0 Å². The van der Waals surface area contributed by atoms with Gasteiger partial charge in [-0.25, -0.2) is 9.37 Å². The van der Waals surface area contributed by atoms with Crippen molar-refractivity contribution in [3.63, 3.8) is 0 Å². The van der Waals surface area contributed by atoms with Gasteiger partial charge in [0.15, 0.2) is 5.82 Å². The van der Waals surface area contributed by atoms with Crippen molar-refractivity contribution in [2.75, 3.05) is 0 Å². The van der Waals surface area contributed by atoms with E-state index in [1.807, 2.05) is 0 Å². The summed E-state index contributed by atoms with van der Waals surface area (Å²) < 4.78 is 12.7. The third-order valence-electron chi connectivity index (χ3n) is 1.60. The van der Waals surface area contributed by atoms with Gasteiger partial charge in [0.05, 0.1) is 6.20 Å². The maximum Gasteiger partial charge on any atom is 0.231 e. The van der Waals surface area contributed by atoms with Crippen LogP contribution in [0, 0.1) is 5.82 Å². The Labute approximate surface area is 78.0 Å². The van der Waals surface area contributed by atoms with Crippen LogP contribution < -0.4 is 0 Å². The molecule has 0 spiro atoms. The summed E-state index contributed by atoms with van der Waals surface area (Å²) in [7, 11) is 0. The number of nitrogens with one attached hydrogen (secondary N) is 1. The fraction of sp³-hybridized carbons (Fsp3) is 0. The van der Waals surface area contributed by atoms with Crippen molar-refractivity contribution >= 4 is 5.78 Å². The van der Waals surface area contributed by atoms with Gasteiger partial charge in [0.2, 0.25) is 5.78 Å². The highest BCUT2D eigenvalue weighted by Gasteiger charge is 2.12. The predicted molar refractivity (Wildman–Crippen MR) is 44.0 cm³/mol. The molecule has 0 aliphatic carbocycles. The first-order chi connectivity index (χ1) is 6.77. The van der Waals surface area contributed by atoms with Crippen LogP contribution in [-0.4, -0.2) is 25.9 Å². The van der Waals surface area contributed by atoms with Crippen molar-refractivity contribution in [3.8, 4) is 0 Å². The number of carbonyl (C=O) groups excluding carboxylic acids is 1. The molecule has 0 aliphatic heterocycles. The summed E-state index contributed by atoms with van der Waals surface area (Å²) >= 11 is 0. The Hall–Kier alpha value is -2.11. The molecule has 2 heterocycles. The molecule has 0 bridgehead atoms. The van der Waals surface area contributed by atoms with Crippen molar-refractivity contribution in [2.45, 2.75) is 0 Å². The SMILES string of the molecule is O=C(c1cncc(F)c1)c1ncn[nH]1. The van der Waals surface area contributed by atoms with E-state index in [1.54, 1.807) is 0 Å². The van der Waals surface area contributed by atoms with E-state index in [0.29, 0.717) is 0 Å². The van der Waals surface area contributed by atoms with Crippen LogP contribution in [0.4, 0.5) is 4.39 Å². The summed E-state index contributed by atoms with van der Waals surface area (Å²) in [5, 5.41) is 5.91. The van der Waals surface area contributed by atoms with Crippen LogP contribution in [0.2, 0.25) is 0 Å². The lowest BCUT2D eigenvalue weighted by Crippen LogP contribution is -2.04. The maximum atomic E-state index is 12.7. The monoisotopic (exact) mass is 192 g/mol. The molecular weight excluding hydrogens is 187 g/mol. The van der Waals surface area contributed by atoms with E-state index < -0.39 is 11.6 Å². The molecule has 0 atom stereocenters. The number of hydrogen-bond donors (Lipinski definition) is 1. The number of carbonyl (C=O) groups is 1. The number of rotatable bonds is 2. The first kappa shape index (κ1) is 8.49. The Balaban J connectivity index is 2.37. The first-order valence-electron chi connectivity index (χ1n) is 3.78. The normalized spacial score (nSPS) is 10.1. The summed E-state index contributed by atoms with van der Waals surface area (Å²) in [6.07, 6.45) is 3.51. The maximum absolute atomic E-state index is 12.7. The molecule has 0 unspecified atom stereocenters. The van der Waals surface area contributed by atoms with Gasteiger partial charge in [-0.3, -0.25) is 14.9 Å². The van der Waals surface area contributed by atoms with E-state index in [4.69, 9.17) is 0 Å². The van der Waals surface area contributed by atoms with Gasteiger partial charge in [0.1, 0.15) is 12.1 Å². The third-order valence-corrected chi connectivity index (χ3v) is 1.60. The first-order valence-corrected chi connectivity index (χ1v) is 3.78. The van der Waals surface area contributed by atoms with E-state index in [9.17, 15) is 9.18 Å². The van der Waals surface area contributed by atoms with E-state index in [1.165, 1.54) is 12.5 Å². The zero-order chi connectivity index (χ0) is 9.97. The van der Waals surface area contributed by atoms with Crippen molar-refractivity contribution in [1.82, 2.24) is 20.2 Å². The van der Waals surface area contributed by atoms with Crippen molar-refractivity contribution in [1.29, 1.82) is 0 Å². The number of aromatic nitrogens is 4. The Morgan fingerprint density at radius 1 is 1.43 bits per heavy atom. The molecule has 2 aromatic rings. The number of aromatic amines is 1. The van der Waals surface area contributed by atoms with Crippen molar-refractivity contribution in [2.24, 2.45) is 0 Å². The van der Waals surface area contributed by atoms with Gasteiger partial charge in [-0.15, -0.1) is 0 Å². The van der Waals surface area contributed by atoms with Gasteiger partial charge in [-0.1, -0.05) is 0 Å². The van der Waals surface area contributed by atoms with Gasteiger partial charge < -0.3 is 0 Å². The van der Waals surface area contributed by atoms with Crippen LogP contribution in [0.1, 0.15) is 16.2 Å². The molecule has 0 radical (unpaired) electrons. The Kier molecular flexibility index (Phi) is 2.02. The molecule has 0 amide bonds. The van der Waals surface area contributed by atoms with Crippen molar-refractivity contribution < 1.29 is 9.18 Å². The molecule has 70 valence electrons. The minimum atomic E-state index is -0.560. The van der Waals surface area contributed by atoms with Gasteiger partial charge >= 0.3 is 0 Å². The lowest BCUT2D eigenvalue weighted by molar-refractivity contribution is 0.102. The summed E-state index contributed by atoms with van der Waals surface area (Å²) in [5.41, 5.74) is 0.141. The smallest absolute Gasteiger partial charge is 0.231 e. The average Bonchev–Trinajstić information content (AvgIpc) is 2.69.